The molecule has 0 saturated carbocycles. The van der Waals surface area contributed by atoms with Gasteiger partial charge in [0, 0.05) is 45.8 Å². The van der Waals surface area contributed by atoms with Crippen molar-refractivity contribution in [3.8, 4) is 0 Å². The Balaban J connectivity index is 1.41. The molecule has 0 N–H and O–H groups in total. The molecule has 0 atom stereocenters. The second-order valence-corrected chi connectivity index (χ2v) is 5.95. The molecule has 5 nitrogen and oxygen atoms in total. The number of piperazine rings is 1. The van der Waals surface area contributed by atoms with E-state index in [9.17, 15) is 4.79 Å². The first-order valence-corrected chi connectivity index (χ1v) is 8.21. The van der Waals surface area contributed by atoms with Gasteiger partial charge in [-0.3, -0.25) is 4.90 Å². The van der Waals surface area contributed by atoms with E-state index in [1.807, 2.05) is 9.80 Å². The molecule has 2 fully saturated rings. The Hall–Kier alpha value is -1.59. The monoisotopic (exact) mass is 303 g/mol. The number of ether oxygens (including phenoxy) is 1. The summed E-state index contributed by atoms with van der Waals surface area (Å²) < 4.78 is 5.31. The van der Waals surface area contributed by atoms with E-state index in [0.29, 0.717) is 13.2 Å². The Labute approximate surface area is 132 Å². The standard InChI is InChI=1S/C17H25N3O2/c21-17(20-12-14-22-15-13-20)19-10-8-18(9-11-19)7-6-16-4-2-1-3-5-16/h1-5H,6-15H2. The zero-order valence-electron chi connectivity index (χ0n) is 13.1. The minimum atomic E-state index is 0.186. The van der Waals surface area contributed by atoms with E-state index in [2.05, 4.69) is 35.2 Å². The maximum absolute atomic E-state index is 12.4. The summed E-state index contributed by atoms with van der Waals surface area (Å²) in [5.74, 6) is 0. The fraction of sp³-hybridized carbons (Fsp3) is 0.588. The van der Waals surface area contributed by atoms with Crippen LogP contribution in [0.1, 0.15) is 5.56 Å². The normalized spacial score (nSPS) is 20.2. The van der Waals surface area contributed by atoms with Crippen molar-refractivity contribution in [3.05, 3.63) is 35.9 Å². The van der Waals surface area contributed by atoms with Crippen molar-refractivity contribution in [2.24, 2.45) is 0 Å². The maximum atomic E-state index is 12.4. The number of nitrogens with zero attached hydrogens (tertiary/aromatic N) is 3. The van der Waals surface area contributed by atoms with Gasteiger partial charge in [-0.1, -0.05) is 30.3 Å². The van der Waals surface area contributed by atoms with E-state index in [1.165, 1.54) is 5.56 Å². The predicted octanol–water partition coefficient (Wildman–Crippen LogP) is 1.30. The molecule has 2 aliphatic heterocycles. The van der Waals surface area contributed by atoms with Gasteiger partial charge in [0.05, 0.1) is 13.2 Å². The molecule has 2 aliphatic rings. The van der Waals surface area contributed by atoms with Crippen LogP contribution in [0.15, 0.2) is 30.3 Å². The third-order valence-electron chi connectivity index (χ3n) is 4.48. The number of carbonyl (C=O) groups is 1. The van der Waals surface area contributed by atoms with Gasteiger partial charge < -0.3 is 14.5 Å². The largest absolute Gasteiger partial charge is 0.378 e. The van der Waals surface area contributed by atoms with Crippen molar-refractivity contribution >= 4 is 6.03 Å². The Bertz CT molecular complexity index is 466. The Morgan fingerprint density at radius 1 is 0.909 bits per heavy atom. The van der Waals surface area contributed by atoms with E-state index in [0.717, 1.165) is 52.2 Å². The third-order valence-corrected chi connectivity index (χ3v) is 4.48. The van der Waals surface area contributed by atoms with Gasteiger partial charge in [-0.05, 0) is 12.0 Å². The summed E-state index contributed by atoms with van der Waals surface area (Å²) in [5.41, 5.74) is 1.38. The molecule has 2 amide bonds. The molecule has 3 rings (SSSR count). The highest BCUT2D eigenvalue weighted by molar-refractivity contribution is 5.74. The van der Waals surface area contributed by atoms with Crippen LogP contribution in [0.5, 0.6) is 0 Å². The van der Waals surface area contributed by atoms with Crippen molar-refractivity contribution in [2.45, 2.75) is 6.42 Å². The molecule has 0 aromatic heterocycles. The van der Waals surface area contributed by atoms with Crippen molar-refractivity contribution in [3.63, 3.8) is 0 Å². The summed E-state index contributed by atoms with van der Waals surface area (Å²) in [5, 5.41) is 0. The van der Waals surface area contributed by atoms with Crippen molar-refractivity contribution in [1.82, 2.24) is 14.7 Å². The number of carbonyl (C=O) groups excluding carboxylic acids is 1. The van der Waals surface area contributed by atoms with E-state index in [4.69, 9.17) is 4.74 Å². The first-order valence-electron chi connectivity index (χ1n) is 8.21. The smallest absolute Gasteiger partial charge is 0.320 e. The zero-order chi connectivity index (χ0) is 15.2. The van der Waals surface area contributed by atoms with Gasteiger partial charge in [0.15, 0.2) is 0 Å². The molecule has 22 heavy (non-hydrogen) atoms. The van der Waals surface area contributed by atoms with Gasteiger partial charge >= 0.3 is 6.03 Å². The minimum absolute atomic E-state index is 0.186. The lowest BCUT2D eigenvalue weighted by molar-refractivity contribution is 0.0378. The summed E-state index contributed by atoms with van der Waals surface area (Å²) in [6.07, 6.45) is 1.08. The molecule has 0 aliphatic carbocycles. The van der Waals surface area contributed by atoms with Crippen LogP contribution in [0.2, 0.25) is 0 Å². The fourth-order valence-electron chi connectivity index (χ4n) is 3.05. The van der Waals surface area contributed by atoms with Gasteiger partial charge in [-0.25, -0.2) is 4.79 Å². The quantitative estimate of drug-likeness (QED) is 0.844. The number of morpholine rings is 1. The average Bonchev–Trinajstić information content (AvgIpc) is 2.61. The lowest BCUT2D eigenvalue weighted by Gasteiger charge is -2.38. The van der Waals surface area contributed by atoms with Gasteiger partial charge in [-0.2, -0.15) is 0 Å². The van der Waals surface area contributed by atoms with Crippen molar-refractivity contribution in [1.29, 1.82) is 0 Å². The Kier molecular flexibility index (Phi) is 5.29. The number of urea groups is 1. The van der Waals surface area contributed by atoms with Crippen LogP contribution in [0, 0.1) is 0 Å². The third kappa shape index (κ3) is 3.99. The zero-order valence-corrected chi connectivity index (χ0v) is 13.1. The highest BCUT2D eigenvalue weighted by Crippen LogP contribution is 2.09. The van der Waals surface area contributed by atoms with Gasteiger partial charge in [0.25, 0.3) is 0 Å². The highest BCUT2D eigenvalue weighted by atomic mass is 16.5. The molecule has 120 valence electrons. The van der Waals surface area contributed by atoms with E-state index < -0.39 is 0 Å². The molecule has 1 aromatic carbocycles. The molecule has 2 saturated heterocycles. The molecule has 0 radical (unpaired) electrons. The minimum Gasteiger partial charge on any atom is -0.378 e. The van der Waals surface area contributed by atoms with Crippen molar-refractivity contribution in [2.75, 3.05) is 59.0 Å². The van der Waals surface area contributed by atoms with Crippen LogP contribution < -0.4 is 0 Å². The van der Waals surface area contributed by atoms with Crippen LogP contribution >= 0.6 is 0 Å². The van der Waals surface area contributed by atoms with Gasteiger partial charge in [-0.15, -0.1) is 0 Å². The molecule has 0 spiro atoms. The molecule has 5 heteroatoms. The van der Waals surface area contributed by atoms with E-state index in [-0.39, 0.29) is 6.03 Å². The van der Waals surface area contributed by atoms with Gasteiger partial charge in [0.2, 0.25) is 0 Å². The Morgan fingerprint density at radius 3 is 2.23 bits per heavy atom. The lowest BCUT2D eigenvalue weighted by atomic mass is 10.1. The summed E-state index contributed by atoms with van der Waals surface area (Å²) in [6.45, 7) is 7.50. The molecular weight excluding hydrogens is 278 g/mol. The van der Waals surface area contributed by atoms with Gasteiger partial charge in [0.1, 0.15) is 0 Å². The van der Waals surface area contributed by atoms with Crippen LogP contribution in [0.25, 0.3) is 0 Å². The molecular formula is C17H25N3O2. The number of hydrogen-bond donors (Lipinski definition) is 0. The number of hydrogen-bond acceptors (Lipinski definition) is 3. The molecule has 2 heterocycles. The SMILES string of the molecule is O=C(N1CCOCC1)N1CCN(CCc2ccccc2)CC1. The fourth-order valence-corrected chi connectivity index (χ4v) is 3.05. The number of rotatable bonds is 3. The van der Waals surface area contributed by atoms with E-state index >= 15 is 0 Å². The highest BCUT2D eigenvalue weighted by Gasteiger charge is 2.26. The predicted molar refractivity (Wildman–Crippen MR) is 85.9 cm³/mol. The van der Waals surface area contributed by atoms with Crippen LogP contribution in [-0.4, -0.2) is 79.8 Å². The number of benzene rings is 1. The number of amides is 2. The van der Waals surface area contributed by atoms with E-state index in [1.54, 1.807) is 0 Å². The summed E-state index contributed by atoms with van der Waals surface area (Å²) in [6, 6.07) is 10.8. The van der Waals surface area contributed by atoms with Crippen LogP contribution in [0.3, 0.4) is 0 Å². The second kappa shape index (κ2) is 7.61. The van der Waals surface area contributed by atoms with Crippen molar-refractivity contribution < 1.29 is 9.53 Å². The second-order valence-electron chi connectivity index (χ2n) is 5.95. The topological polar surface area (TPSA) is 36.0 Å². The van der Waals surface area contributed by atoms with Crippen LogP contribution in [-0.2, 0) is 11.2 Å². The maximum Gasteiger partial charge on any atom is 0.320 e. The first-order chi connectivity index (χ1) is 10.8. The molecule has 0 unspecified atom stereocenters. The lowest BCUT2D eigenvalue weighted by Crippen LogP contribution is -2.54. The molecule has 0 bridgehead atoms. The Morgan fingerprint density at radius 2 is 1.55 bits per heavy atom. The summed E-state index contributed by atoms with van der Waals surface area (Å²) in [4.78, 5) is 18.8. The average molecular weight is 303 g/mol. The first kappa shape index (κ1) is 15.3. The summed E-state index contributed by atoms with van der Waals surface area (Å²) in [7, 11) is 0. The van der Waals surface area contributed by atoms with Crippen LogP contribution in [0.4, 0.5) is 4.79 Å². The summed E-state index contributed by atoms with van der Waals surface area (Å²) >= 11 is 0. The molecule has 1 aromatic rings.